The van der Waals surface area contributed by atoms with Crippen LogP contribution in [0.25, 0.3) is 0 Å². The third-order valence-electron chi connectivity index (χ3n) is 3.01. The summed E-state index contributed by atoms with van der Waals surface area (Å²) in [7, 11) is 0. The van der Waals surface area contributed by atoms with E-state index in [4.69, 9.17) is 4.99 Å². The molecule has 2 nitrogen and oxygen atoms in total. The molecule has 0 fully saturated rings. The van der Waals surface area contributed by atoms with Crippen LogP contribution in [0.1, 0.15) is 26.7 Å². The Labute approximate surface area is 123 Å². The molecule has 2 rings (SSSR count). The second-order valence-corrected chi connectivity index (χ2v) is 5.88. The lowest BCUT2D eigenvalue weighted by Gasteiger charge is -2.19. The Morgan fingerprint density at radius 1 is 1.37 bits per heavy atom. The van der Waals surface area contributed by atoms with Gasteiger partial charge in [0.15, 0.2) is 0 Å². The normalized spacial score (nSPS) is 15.6. The first-order valence-electron chi connectivity index (χ1n) is 6.64. The molecule has 0 aliphatic carbocycles. The number of rotatable bonds is 4. The van der Waals surface area contributed by atoms with E-state index < -0.39 is 0 Å². The highest BCUT2D eigenvalue weighted by molar-refractivity contribution is 9.11. The molecule has 0 saturated heterocycles. The van der Waals surface area contributed by atoms with Gasteiger partial charge in [-0.25, -0.2) is 4.99 Å². The lowest BCUT2D eigenvalue weighted by atomic mass is 10.0. The van der Waals surface area contributed by atoms with Gasteiger partial charge in [-0.1, -0.05) is 53.6 Å². The van der Waals surface area contributed by atoms with Gasteiger partial charge >= 0.3 is 0 Å². The molecule has 1 aliphatic rings. The van der Waals surface area contributed by atoms with E-state index in [1.54, 1.807) is 0 Å². The number of nitrogens with zero attached hydrogens (tertiary/aromatic N) is 1. The molecule has 0 aromatic heterocycles. The Morgan fingerprint density at radius 3 is 2.89 bits per heavy atom. The van der Waals surface area contributed by atoms with E-state index in [0.717, 1.165) is 41.0 Å². The lowest BCUT2D eigenvalue weighted by Crippen LogP contribution is -2.19. The van der Waals surface area contributed by atoms with Gasteiger partial charge in [-0.15, -0.1) is 0 Å². The number of fused-ring (bicyclic) bond motifs is 1. The fourth-order valence-electron chi connectivity index (χ4n) is 2.08. The van der Waals surface area contributed by atoms with Crippen molar-refractivity contribution in [2.45, 2.75) is 26.7 Å². The fraction of sp³-hybridized carbons (Fsp3) is 0.312. The molecule has 0 bridgehead atoms. The van der Waals surface area contributed by atoms with Crippen LogP contribution in [0.15, 0.2) is 51.5 Å². The molecule has 1 heterocycles. The first-order valence-corrected chi connectivity index (χ1v) is 7.43. The summed E-state index contributed by atoms with van der Waals surface area (Å²) in [5.41, 5.74) is 4.61. The number of halogens is 1. The number of hydrogen-bond donors (Lipinski definition) is 1. The molecule has 19 heavy (non-hydrogen) atoms. The highest BCUT2D eigenvalue weighted by Gasteiger charge is 2.13. The van der Waals surface area contributed by atoms with E-state index in [0.29, 0.717) is 0 Å². The number of benzene rings is 1. The Kier molecular flexibility index (Phi) is 4.97. The minimum Gasteiger partial charge on any atom is -0.378 e. The molecule has 100 valence electrons. The van der Waals surface area contributed by atoms with Gasteiger partial charge in [0.2, 0.25) is 0 Å². The summed E-state index contributed by atoms with van der Waals surface area (Å²) < 4.78 is 1.13. The van der Waals surface area contributed by atoms with Crippen molar-refractivity contribution < 1.29 is 0 Å². The Balaban J connectivity index is 2.32. The van der Waals surface area contributed by atoms with Gasteiger partial charge in [-0.3, -0.25) is 0 Å². The summed E-state index contributed by atoms with van der Waals surface area (Å²) in [6.45, 7) is 5.04. The zero-order valence-electron chi connectivity index (χ0n) is 11.4. The maximum Gasteiger partial charge on any atom is 0.0865 e. The smallest absolute Gasteiger partial charge is 0.0865 e. The van der Waals surface area contributed by atoms with E-state index in [-0.39, 0.29) is 0 Å². The summed E-state index contributed by atoms with van der Waals surface area (Å²) >= 11 is 3.46. The molecule has 0 atom stereocenters. The highest BCUT2D eigenvalue weighted by atomic mass is 79.9. The molecular weight excluding hydrogens is 300 g/mol. The molecule has 1 aromatic rings. The second kappa shape index (κ2) is 6.71. The maximum atomic E-state index is 4.78. The van der Waals surface area contributed by atoms with Gasteiger partial charge in [0.1, 0.15) is 0 Å². The van der Waals surface area contributed by atoms with Crippen LogP contribution in [0.5, 0.6) is 0 Å². The molecular formula is C16H19BrN2. The average molecular weight is 319 g/mol. The predicted octanol–water partition coefficient (Wildman–Crippen LogP) is 5.21. The van der Waals surface area contributed by atoms with Gasteiger partial charge in [0, 0.05) is 0 Å². The minimum absolute atomic E-state index is 0.804. The van der Waals surface area contributed by atoms with Crippen LogP contribution < -0.4 is 5.32 Å². The Hall–Kier alpha value is -1.35. The van der Waals surface area contributed by atoms with Crippen LogP contribution in [0, 0.1) is 0 Å². The molecule has 0 spiro atoms. The fourth-order valence-corrected chi connectivity index (χ4v) is 2.21. The molecule has 3 heteroatoms. The first kappa shape index (κ1) is 14.1. The number of para-hydroxylation sites is 2. The van der Waals surface area contributed by atoms with E-state index in [2.05, 4.69) is 52.5 Å². The zero-order chi connectivity index (χ0) is 13.7. The van der Waals surface area contributed by atoms with Gasteiger partial charge in [-0.2, -0.15) is 0 Å². The van der Waals surface area contributed by atoms with Crippen molar-refractivity contribution in [3.63, 3.8) is 0 Å². The number of nitrogens with one attached hydrogen (secondary N) is 1. The molecule has 0 radical (unpaired) electrons. The summed E-state index contributed by atoms with van der Waals surface area (Å²) in [4.78, 5) is 4.78. The monoisotopic (exact) mass is 318 g/mol. The van der Waals surface area contributed by atoms with Crippen molar-refractivity contribution in [3.05, 3.63) is 46.5 Å². The average Bonchev–Trinajstić information content (AvgIpc) is 2.42. The van der Waals surface area contributed by atoms with Crippen LogP contribution in [0.2, 0.25) is 0 Å². The number of anilines is 1. The Morgan fingerprint density at radius 2 is 2.16 bits per heavy atom. The van der Waals surface area contributed by atoms with Crippen molar-refractivity contribution in [2.75, 3.05) is 11.9 Å². The van der Waals surface area contributed by atoms with Crippen LogP contribution in [0.3, 0.4) is 0 Å². The summed E-state index contributed by atoms with van der Waals surface area (Å²) in [5.74, 6) is 0. The SMILES string of the molecule is CCC/C(=C\C=C(/C)Br)C1=Nc2ccccc2NC1. The van der Waals surface area contributed by atoms with Crippen LogP contribution >= 0.6 is 15.9 Å². The lowest BCUT2D eigenvalue weighted by molar-refractivity contribution is 0.931. The standard InChI is InChI=1S/C16H19BrN2/c1-3-6-13(10-9-12(2)17)16-11-18-14-7-4-5-8-15(14)19-16/h4-5,7-10,18H,3,6,11H2,1-2H3/b12-9+,13-10+. The summed E-state index contributed by atoms with van der Waals surface area (Å²) in [5, 5.41) is 3.44. The largest absolute Gasteiger partial charge is 0.378 e. The molecule has 0 amide bonds. The van der Waals surface area contributed by atoms with Crippen molar-refractivity contribution in [1.29, 1.82) is 0 Å². The predicted molar refractivity (Wildman–Crippen MR) is 87.7 cm³/mol. The van der Waals surface area contributed by atoms with Crippen LogP contribution in [0.4, 0.5) is 11.4 Å². The molecule has 1 N–H and O–H groups in total. The topological polar surface area (TPSA) is 24.4 Å². The van der Waals surface area contributed by atoms with Crippen molar-refractivity contribution in [1.82, 2.24) is 0 Å². The van der Waals surface area contributed by atoms with Crippen LogP contribution in [-0.2, 0) is 0 Å². The van der Waals surface area contributed by atoms with E-state index >= 15 is 0 Å². The first-order chi connectivity index (χ1) is 9.20. The summed E-state index contributed by atoms with van der Waals surface area (Å²) in [6, 6.07) is 8.18. The summed E-state index contributed by atoms with van der Waals surface area (Å²) in [6.07, 6.45) is 6.44. The van der Waals surface area contributed by atoms with E-state index in [1.807, 2.05) is 19.1 Å². The Bertz CT molecular complexity index is 537. The second-order valence-electron chi connectivity index (χ2n) is 4.62. The van der Waals surface area contributed by atoms with Crippen molar-refractivity contribution >= 4 is 33.0 Å². The van der Waals surface area contributed by atoms with E-state index in [1.165, 1.54) is 5.57 Å². The third kappa shape index (κ3) is 3.80. The van der Waals surface area contributed by atoms with Gasteiger partial charge in [0.05, 0.1) is 23.6 Å². The molecule has 0 saturated carbocycles. The third-order valence-corrected chi connectivity index (χ3v) is 3.27. The minimum atomic E-state index is 0.804. The van der Waals surface area contributed by atoms with Gasteiger partial charge in [-0.05, 0) is 35.5 Å². The van der Waals surface area contributed by atoms with Gasteiger partial charge < -0.3 is 5.32 Å². The quantitative estimate of drug-likeness (QED) is 0.757. The number of hydrogen-bond acceptors (Lipinski definition) is 2. The van der Waals surface area contributed by atoms with Gasteiger partial charge in [0.25, 0.3) is 0 Å². The number of allylic oxidation sites excluding steroid dienone is 3. The highest BCUT2D eigenvalue weighted by Crippen LogP contribution is 2.29. The molecule has 1 aliphatic heterocycles. The van der Waals surface area contributed by atoms with Crippen molar-refractivity contribution in [2.24, 2.45) is 4.99 Å². The zero-order valence-corrected chi connectivity index (χ0v) is 13.0. The number of aliphatic imine (C=N–C) groups is 1. The molecule has 1 aromatic carbocycles. The van der Waals surface area contributed by atoms with E-state index in [9.17, 15) is 0 Å². The van der Waals surface area contributed by atoms with Crippen molar-refractivity contribution in [3.8, 4) is 0 Å². The van der Waals surface area contributed by atoms with Crippen LogP contribution in [-0.4, -0.2) is 12.3 Å². The maximum absolute atomic E-state index is 4.78. The molecule has 0 unspecified atom stereocenters.